The van der Waals surface area contributed by atoms with Crippen LogP contribution in [0.25, 0.3) is 0 Å². The van der Waals surface area contributed by atoms with Crippen molar-refractivity contribution in [3.63, 3.8) is 0 Å². The van der Waals surface area contributed by atoms with Crippen molar-refractivity contribution in [3.8, 4) is 0 Å². The van der Waals surface area contributed by atoms with Crippen molar-refractivity contribution in [2.24, 2.45) is 0 Å². The number of nitrogens with one attached hydrogen (secondary N) is 2. The van der Waals surface area contributed by atoms with E-state index in [1.807, 2.05) is 20.0 Å². The Kier molecular flexibility index (Phi) is 7.10. The van der Waals surface area contributed by atoms with Gasteiger partial charge in [-0.05, 0) is 26.7 Å². The lowest BCUT2D eigenvalue weighted by atomic mass is 10.3. The summed E-state index contributed by atoms with van der Waals surface area (Å²) in [7, 11) is 0. The Morgan fingerprint density at radius 2 is 2.06 bits per heavy atom. The fraction of sp³-hybridized carbons (Fsp3) is 0.692. The Labute approximate surface area is 109 Å². The van der Waals surface area contributed by atoms with Crippen molar-refractivity contribution in [2.45, 2.75) is 33.6 Å². The van der Waals surface area contributed by atoms with E-state index in [1.54, 1.807) is 0 Å². The van der Waals surface area contributed by atoms with E-state index in [9.17, 15) is 0 Å². The van der Waals surface area contributed by atoms with E-state index in [4.69, 9.17) is 4.74 Å². The van der Waals surface area contributed by atoms with Crippen molar-refractivity contribution in [1.82, 2.24) is 9.97 Å². The third kappa shape index (κ3) is 5.31. The number of anilines is 2. The van der Waals surface area contributed by atoms with Gasteiger partial charge in [0.05, 0.1) is 0 Å². The van der Waals surface area contributed by atoms with Crippen LogP contribution in [-0.2, 0) is 4.74 Å². The van der Waals surface area contributed by atoms with Gasteiger partial charge in [-0.15, -0.1) is 0 Å². The molecule has 1 heterocycles. The standard InChI is InChI=1S/C13H24N4O/c1-4-7-15-13-16-10-11(3)12(17-13)14-8-6-9-18-5-2/h10H,4-9H2,1-3H3,(H2,14,15,16,17). The van der Waals surface area contributed by atoms with E-state index >= 15 is 0 Å². The monoisotopic (exact) mass is 252 g/mol. The summed E-state index contributed by atoms with van der Waals surface area (Å²) in [6.07, 6.45) is 3.89. The minimum atomic E-state index is 0.690. The van der Waals surface area contributed by atoms with Gasteiger partial charge in [-0.25, -0.2) is 4.98 Å². The number of ether oxygens (including phenoxy) is 1. The predicted octanol–water partition coefficient (Wildman–Crippen LogP) is 2.45. The summed E-state index contributed by atoms with van der Waals surface area (Å²) in [5, 5.41) is 6.50. The van der Waals surface area contributed by atoms with E-state index in [-0.39, 0.29) is 0 Å². The summed E-state index contributed by atoms with van der Waals surface area (Å²) in [5.41, 5.74) is 1.06. The Bertz CT molecular complexity index is 344. The first-order valence-electron chi connectivity index (χ1n) is 6.67. The summed E-state index contributed by atoms with van der Waals surface area (Å²) >= 11 is 0. The lowest BCUT2D eigenvalue weighted by Crippen LogP contribution is -2.11. The quantitative estimate of drug-likeness (QED) is 0.661. The third-order valence-electron chi connectivity index (χ3n) is 2.47. The molecule has 1 aromatic heterocycles. The molecule has 0 aliphatic rings. The summed E-state index contributed by atoms with van der Waals surface area (Å²) in [6, 6.07) is 0. The van der Waals surface area contributed by atoms with Crippen LogP contribution in [0.2, 0.25) is 0 Å². The van der Waals surface area contributed by atoms with Crippen LogP contribution in [0.1, 0.15) is 32.3 Å². The zero-order valence-electron chi connectivity index (χ0n) is 11.6. The first-order valence-corrected chi connectivity index (χ1v) is 6.67. The molecule has 18 heavy (non-hydrogen) atoms. The molecule has 102 valence electrons. The van der Waals surface area contributed by atoms with Gasteiger partial charge >= 0.3 is 0 Å². The van der Waals surface area contributed by atoms with E-state index in [2.05, 4.69) is 27.5 Å². The van der Waals surface area contributed by atoms with Crippen molar-refractivity contribution >= 4 is 11.8 Å². The zero-order valence-corrected chi connectivity index (χ0v) is 11.6. The van der Waals surface area contributed by atoms with Crippen molar-refractivity contribution in [3.05, 3.63) is 11.8 Å². The molecule has 1 aromatic rings. The van der Waals surface area contributed by atoms with Crippen molar-refractivity contribution in [2.75, 3.05) is 36.9 Å². The van der Waals surface area contributed by atoms with Gasteiger partial charge in [0, 0.05) is 38.1 Å². The molecular weight excluding hydrogens is 228 g/mol. The molecule has 0 radical (unpaired) electrons. The van der Waals surface area contributed by atoms with Crippen LogP contribution in [0.15, 0.2) is 6.20 Å². The maximum Gasteiger partial charge on any atom is 0.224 e. The molecule has 0 saturated heterocycles. The molecule has 0 spiro atoms. The molecule has 0 unspecified atom stereocenters. The van der Waals surface area contributed by atoms with E-state index in [0.29, 0.717) is 5.95 Å². The predicted molar refractivity (Wildman–Crippen MR) is 75.1 cm³/mol. The third-order valence-corrected chi connectivity index (χ3v) is 2.47. The average molecular weight is 252 g/mol. The van der Waals surface area contributed by atoms with Gasteiger partial charge in [0.25, 0.3) is 0 Å². The van der Waals surface area contributed by atoms with Crippen molar-refractivity contribution < 1.29 is 4.74 Å². The van der Waals surface area contributed by atoms with Crippen LogP contribution in [0.3, 0.4) is 0 Å². The Hall–Kier alpha value is -1.36. The summed E-state index contributed by atoms with van der Waals surface area (Å²) in [4.78, 5) is 8.70. The molecular formula is C13H24N4O. The molecule has 0 aliphatic heterocycles. The summed E-state index contributed by atoms with van der Waals surface area (Å²) in [6.45, 7) is 9.46. The van der Waals surface area contributed by atoms with Crippen LogP contribution in [0.5, 0.6) is 0 Å². The van der Waals surface area contributed by atoms with E-state index < -0.39 is 0 Å². The highest BCUT2D eigenvalue weighted by atomic mass is 16.5. The summed E-state index contributed by atoms with van der Waals surface area (Å²) < 4.78 is 5.29. The second-order valence-corrected chi connectivity index (χ2v) is 4.13. The molecule has 0 atom stereocenters. The number of aromatic nitrogens is 2. The first-order chi connectivity index (χ1) is 8.77. The van der Waals surface area contributed by atoms with Crippen molar-refractivity contribution in [1.29, 1.82) is 0 Å². The van der Waals surface area contributed by atoms with Gasteiger partial charge in [0.2, 0.25) is 5.95 Å². The lowest BCUT2D eigenvalue weighted by Gasteiger charge is -2.10. The Morgan fingerprint density at radius 1 is 1.22 bits per heavy atom. The first kappa shape index (κ1) is 14.7. The van der Waals surface area contributed by atoms with Crippen LogP contribution >= 0.6 is 0 Å². The SMILES string of the molecule is CCCNc1ncc(C)c(NCCCOCC)n1. The number of hydrogen-bond donors (Lipinski definition) is 2. The second kappa shape index (κ2) is 8.69. The lowest BCUT2D eigenvalue weighted by molar-refractivity contribution is 0.147. The molecule has 1 rings (SSSR count). The van der Waals surface area contributed by atoms with Crippen LogP contribution in [-0.4, -0.2) is 36.3 Å². The number of hydrogen-bond acceptors (Lipinski definition) is 5. The van der Waals surface area contributed by atoms with Gasteiger partial charge in [-0.2, -0.15) is 4.98 Å². The largest absolute Gasteiger partial charge is 0.382 e. The normalized spacial score (nSPS) is 10.4. The van der Waals surface area contributed by atoms with E-state index in [1.165, 1.54) is 0 Å². The van der Waals surface area contributed by atoms with E-state index in [0.717, 1.165) is 50.5 Å². The molecule has 0 aromatic carbocycles. The molecule has 0 saturated carbocycles. The van der Waals surface area contributed by atoms with Gasteiger partial charge in [-0.1, -0.05) is 6.92 Å². The minimum absolute atomic E-state index is 0.690. The molecule has 2 N–H and O–H groups in total. The minimum Gasteiger partial charge on any atom is -0.382 e. The smallest absolute Gasteiger partial charge is 0.224 e. The number of rotatable bonds is 9. The second-order valence-electron chi connectivity index (χ2n) is 4.13. The van der Waals surface area contributed by atoms with Gasteiger partial charge in [0.15, 0.2) is 0 Å². The Balaban J connectivity index is 2.42. The number of nitrogens with zero attached hydrogens (tertiary/aromatic N) is 2. The molecule has 5 nitrogen and oxygen atoms in total. The Morgan fingerprint density at radius 3 is 2.78 bits per heavy atom. The zero-order chi connectivity index (χ0) is 13.2. The molecule has 0 fully saturated rings. The van der Waals surface area contributed by atoms with Crippen LogP contribution < -0.4 is 10.6 Å². The summed E-state index contributed by atoms with van der Waals surface area (Å²) in [5.74, 6) is 1.59. The topological polar surface area (TPSA) is 59.1 Å². The fourth-order valence-electron chi connectivity index (χ4n) is 1.47. The average Bonchev–Trinajstić information content (AvgIpc) is 2.39. The maximum absolute atomic E-state index is 5.29. The van der Waals surface area contributed by atoms with Gasteiger partial charge in [0.1, 0.15) is 5.82 Å². The highest BCUT2D eigenvalue weighted by Gasteiger charge is 2.02. The fourth-order valence-corrected chi connectivity index (χ4v) is 1.47. The van der Waals surface area contributed by atoms with Gasteiger partial charge < -0.3 is 15.4 Å². The van der Waals surface area contributed by atoms with Gasteiger partial charge in [-0.3, -0.25) is 0 Å². The van der Waals surface area contributed by atoms with Crippen LogP contribution in [0.4, 0.5) is 11.8 Å². The highest BCUT2D eigenvalue weighted by molar-refractivity contribution is 5.46. The molecule has 0 amide bonds. The number of aryl methyl sites for hydroxylation is 1. The highest BCUT2D eigenvalue weighted by Crippen LogP contribution is 2.12. The van der Waals surface area contributed by atoms with Crippen LogP contribution in [0, 0.1) is 6.92 Å². The maximum atomic E-state index is 5.29. The molecule has 0 bridgehead atoms. The molecule has 0 aliphatic carbocycles. The molecule has 5 heteroatoms.